The van der Waals surface area contributed by atoms with Gasteiger partial charge in [-0.05, 0) is 47.6 Å². The minimum absolute atomic E-state index is 0.0790. The highest BCUT2D eigenvalue weighted by Gasteiger charge is 2.21. The fraction of sp³-hybridized carbons (Fsp3) is 0.333. The Labute approximate surface area is 157 Å². The number of amides is 2. The molecular formula is C21H22N2O2S. The van der Waals surface area contributed by atoms with Crippen LogP contribution < -0.4 is 0 Å². The topological polar surface area (TPSA) is 40.6 Å². The normalized spacial score (nSPS) is 17.5. The first kappa shape index (κ1) is 17.0. The van der Waals surface area contributed by atoms with E-state index in [0.29, 0.717) is 19.5 Å². The van der Waals surface area contributed by atoms with Gasteiger partial charge in [-0.15, -0.1) is 11.3 Å². The van der Waals surface area contributed by atoms with Crippen molar-refractivity contribution in [1.82, 2.24) is 9.80 Å². The summed E-state index contributed by atoms with van der Waals surface area (Å²) in [6.45, 7) is 2.90. The maximum atomic E-state index is 12.7. The zero-order valence-corrected chi connectivity index (χ0v) is 15.5. The van der Waals surface area contributed by atoms with E-state index in [1.807, 2.05) is 34.1 Å². The Morgan fingerprint density at radius 1 is 1.08 bits per heavy atom. The Morgan fingerprint density at radius 3 is 2.54 bits per heavy atom. The lowest BCUT2D eigenvalue weighted by atomic mass is 10.0. The van der Waals surface area contributed by atoms with E-state index >= 15 is 0 Å². The molecule has 1 fully saturated rings. The average Bonchev–Trinajstić information content (AvgIpc) is 3.35. The van der Waals surface area contributed by atoms with Crippen LogP contribution in [0.3, 0.4) is 0 Å². The van der Waals surface area contributed by atoms with Crippen LogP contribution in [0.15, 0.2) is 47.9 Å². The van der Waals surface area contributed by atoms with Gasteiger partial charge in [0.05, 0.1) is 0 Å². The summed E-state index contributed by atoms with van der Waals surface area (Å²) in [4.78, 5) is 29.6. The van der Waals surface area contributed by atoms with Gasteiger partial charge in [-0.1, -0.05) is 24.3 Å². The summed E-state index contributed by atoms with van der Waals surface area (Å²) in [5, 5.41) is 2.09. The van der Waals surface area contributed by atoms with Crippen molar-refractivity contribution >= 4 is 28.7 Å². The number of carbonyl (C=O) groups is 2. The third kappa shape index (κ3) is 3.58. The highest BCUT2D eigenvalue weighted by atomic mass is 32.1. The Hall–Kier alpha value is -2.40. The lowest BCUT2D eigenvalue weighted by Crippen LogP contribution is -2.34. The minimum atomic E-state index is 0.0790. The summed E-state index contributed by atoms with van der Waals surface area (Å²) >= 11 is 1.75. The molecule has 0 unspecified atom stereocenters. The molecule has 2 aromatic rings. The zero-order valence-electron chi connectivity index (χ0n) is 14.7. The van der Waals surface area contributed by atoms with Gasteiger partial charge in [-0.2, -0.15) is 0 Å². The molecule has 0 atom stereocenters. The molecule has 1 aromatic carbocycles. The molecule has 1 aromatic heterocycles. The van der Waals surface area contributed by atoms with Crippen LogP contribution in [0, 0.1) is 0 Å². The fourth-order valence-electron chi connectivity index (χ4n) is 3.57. The number of carbonyl (C=O) groups excluding carboxylic acids is 2. The summed E-state index contributed by atoms with van der Waals surface area (Å²) in [7, 11) is 0. The molecule has 4 nitrogen and oxygen atoms in total. The quantitative estimate of drug-likeness (QED) is 0.826. The number of likely N-dealkylation sites (tertiary alicyclic amines) is 1. The van der Waals surface area contributed by atoms with Crippen molar-refractivity contribution in [1.29, 1.82) is 0 Å². The summed E-state index contributed by atoms with van der Waals surface area (Å²) in [5.74, 6) is 0.307. The predicted octanol–water partition coefficient (Wildman–Crippen LogP) is 3.80. The van der Waals surface area contributed by atoms with E-state index in [-0.39, 0.29) is 11.8 Å². The van der Waals surface area contributed by atoms with Crippen LogP contribution in [-0.4, -0.2) is 41.2 Å². The van der Waals surface area contributed by atoms with Gasteiger partial charge in [-0.3, -0.25) is 9.59 Å². The van der Waals surface area contributed by atoms with E-state index in [0.717, 1.165) is 37.1 Å². The van der Waals surface area contributed by atoms with Gasteiger partial charge in [0.1, 0.15) is 0 Å². The second kappa shape index (κ2) is 7.46. The lowest BCUT2D eigenvalue weighted by Gasteiger charge is -2.26. The van der Waals surface area contributed by atoms with E-state index in [9.17, 15) is 9.59 Å². The van der Waals surface area contributed by atoms with Crippen LogP contribution in [0.2, 0.25) is 0 Å². The lowest BCUT2D eigenvalue weighted by molar-refractivity contribution is -0.128. The van der Waals surface area contributed by atoms with Gasteiger partial charge in [-0.25, -0.2) is 0 Å². The molecule has 0 radical (unpaired) electrons. The number of hydrogen-bond acceptors (Lipinski definition) is 3. The fourth-order valence-corrected chi connectivity index (χ4v) is 4.36. The largest absolute Gasteiger partial charge is 0.338 e. The molecule has 2 amide bonds. The van der Waals surface area contributed by atoms with Gasteiger partial charge < -0.3 is 9.80 Å². The molecular weight excluding hydrogens is 344 g/mol. The maximum Gasteiger partial charge on any atom is 0.254 e. The van der Waals surface area contributed by atoms with Crippen molar-refractivity contribution < 1.29 is 9.59 Å². The van der Waals surface area contributed by atoms with Crippen molar-refractivity contribution in [2.24, 2.45) is 0 Å². The van der Waals surface area contributed by atoms with E-state index in [1.165, 1.54) is 10.5 Å². The first-order valence-corrected chi connectivity index (χ1v) is 9.97. The van der Waals surface area contributed by atoms with Crippen LogP contribution in [0.1, 0.15) is 40.1 Å². The number of hydrogen-bond donors (Lipinski definition) is 0. The number of thiophene rings is 1. The molecule has 0 aliphatic carbocycles. The van der Waals surface area contributed by atoms with E-state index < -0.39 is 0 Å². The molecule has 1 saturated heterocycles. The van der Waals surface area contributed by atoms with E-state index in [4.69, 9.17) is 0 Å². The molecule has 2 aliphatic heterocycles. The predicted molar refractivity (Wildman–Crippen MR) is 104 cm³/mol. The smallest absolute Gasteiger partial charge is 0.254 e. The van der Waals surface area contributed by atoms with Crippen molar-refractivity contribution in [3.8, 4) is 0 Å². The van der Waals surface area contributed by atoms with Crippen LogP contribution in [0.25, 0.3) is 5.57 Å². The Bertz CT molecular complexity index is 824. The summed E-state index contributed by atoms with van der Waals surface area (Å²) in [6.07, 6.45) is 4.68. The molecule has 4 rings (SSSR count). The van der Waals surface area contributed by atoms with Crippen LogP contribution in [0.4, 0.5) is 0 Å². The molecule has 0 N–H and O–H groups in total. The highest BCUT2D eigenvalue weighted by molar-refractivity contribution is 7.11. The molecule has 3 heterocycles. The first-order valence-electron chi connectivity index (χ1n) is 9.09. The van der Waals surface area contributed by atoms with Crippen LogP contribution in [-0.2, 0) is 11.3 Å². The third-order valence-corrected chi connectivity index (χ3v) is 6.03. The van der Waals surface area contributed by atoms with Crippen molar-refractivity contribution in [2.75, 3.05) is 19.6 Å². The Morgan fingerprint density at radius 2 is 1.92 bits per heavy atom. The Balaban J connectivity index is 1.38. The minimum Gasteiger partial charge on any atom is -0.338 e. The van der Waals surface area contributed by atoms with Gasteiger partial charge in [0.25, 0.3) is 5.91 Å². The standard InChI is InChI=1S/C21H22N2O2S/c24-20-4-1-11-23(20)15-16-5-7-18(8-6-16)21(25)22-12-9-17(10-13-22)19-3-2-14-26-19/h2-3,5-9,14H,1,4,10-13,15H2. The SMILES string of the molecule is O=C1CCCN1Cc1ccc(C(=O)N2CC=C(c3cccs3)CC2)cc1. The van der Waals surface area contributed by atoms with E-state index in [1.54, 1.807) is 11.3 Å². The van der Waals surface area contributed by atoms with Crippen LogP contribution >= 0.6 is 11.3 Å². The molecule has 0 bridgehead atoms. The van der Waals surface area contributed by atoms with E-state index in [2.05, 4.69) is 23.6 Å². The number of nitrogens with zero attached hydrogens (tertiary/aromatic N) is 2. The van der Waals surface area contributed by atoms with Gasteiger partial charge in [0.2, 0.25) is 5.91 Å². The molecule has 134 valence electrons. The van der Waals surface area contributed by atoms with Crippen molar-refractivity contribution in [3.63, 3.8) is 0 Å². The van der Waals surface area contributed by atoms with Crippen molar-refractivity contribution in [2.45, 2.75) is 25.8 Å². The highest BCUT2D eigenvalue weighted by Crippen LogP contribution is 2.26. The van der Waals surface area contributed by atoms with Gasteiger partial charge in [0, 0.05) is 43.0 Å². The zero-order chi connectivity index (χ0) is 17.9. The molecule has 5 heteroatoms. The monoisotopic (exact) mass is 366 g/mol. The first-order chi connectivity index (χ1) is 12.7. The number of benzene rings is 1. The second-order valence-electron chi connectivity index (χ2n) is 6.82. The van der Waals surface area contributed by atoms with Crippen LogP contribution in [0.5, 0.6) is 0 Å². The molecule has 2 aliphatic rings. The average molecular weight is 366 g/mol. The van der Waals surface area contributed by atoms with Gasteiger partial charge >= 0.3 is 0 Å². The van der Waals surface area contributed by atoms with Crippen molar-refractivity contribution in [3.05, 3.63) is 63.9 Å². The Kier molecular flexibility index (Phi) is 4.89. The summed E-state index contributed by atoms with van der Waals surface area (Å²) in [5.41, 5.74) is 3.14. The van der Waals surface area contributed by atoms with Gasteiger partial charge in [0.15, 0.2) is 0 Å². The summed E-state index contributed by atoms with van der Waals surface area (Å²) in [6, 6.07) is 11.9. The second-order valence-corrected chi connectivity index (χ2v) is 7.77. The molecule has 0 saturated carbocycles. The number of rotatable bonds is 4. The molecule has 26 heavy (non-hydrogen) atoms. The molecule has 0 spiro atoms. The summed E-state index contributed by atoms with van der Waals surface area (Å²) < 4.78 is 0. The third-order valence-electron chi connectivity index (χ3n) is 5.08. The maximum absolute atomic E-state index is 12.7.